The van der Waals surface area contributed by atoms with Gasteiger partial charge in [-0.05, 0) is 55.0 Å². The standard InChI is InChI=1S/C26H25N5OS/c1-3-4-10-22-19(17-32-23-12-13-27-21-9-6-5-8-20(21)23)16-29-31(22)26-28-15-18(2)25(30-26)24-11-7-14-33-24/h5-9,11-16H,3-4,10,17H2,1-2H3. The summed E-state index contributed by atoms with van der Waals surface area (Å²) in [7, 11) is 0. The summed E-state index contributed by atoms with van der Waals surface area (Å²) in [6, 6.07) is 14.1. The molecular weight excluding hydrogens is 430 g/mol. The van der Waals surface area contributed by atoms with Crippen molar-refractivity contribution in [2.75, 3.05) is 0 Å². The predicted molar refractivity (Wildman–Crippen MR) is 132 cm³/mol. The highest BCUT2D eigenvalue weighted by Crippen LogP contribution is 2.28. The molecule has 1 aromatic carbocycles. The monoisotopic (exact) mass is 455 g/mol. The van der Waals surface area contributed by atoms with E-state index in [9.17, 15) is 0 Å². The SMILES string of the molecule is CCCCc1c(COc2ccnc3ccccc23)cnn1-c1ncc(C)c(-c2cccs2)n1. The molecule has 4 heterocycles. The van der Waals surface area contributed by atoms with Crippen LogP contribution in [0.2, 0.25) is 0 Å². The van der Waals surface area contributed by atoms with Crippen molar-refractivity contribution in [3.63, 3.8) is 0 Å². The van der Waals surface area contributed by atoms with Crippen molar-refractivity contribution in [3.05, 3.63) is 83.3 Å². The molecule has 33 heavy (non-hydrogen) atoms. The number of para-hydroxylation sites is 1. The lowest BCUT2D eigenvalue weighted by Crippen LogP contribution is -2.10. The molecule has 0 aliphatic heterocycles. The zero-order valence-electron chi connectivity index (χ0n) is 18.7. The Morgan fingerprint density at radius 1 is 1.03 bits per heavy atom. The Labute approximate surface area is 196 Å². The first-order valence-electron chi connectivity index (χ1n) is 11.1. The molecule has 0 radical (unpaired) electrons. The van der Waals surface area contributed by atoms with Gasteiger partial charge in [0.15, 0.2) is 0 Å². The minimum absolute atomic E-state index is 0.427. The van der Waals surface area contributed by atoms with Crippen molar-refractivity contribution in [1.29, 1.82) is 0 Å². The molecule has 0 atom stereocenters. The smallest absolute Gasteiger partial charge is 0.251 e. The Morgan fingerprint density at radius 3 is 2.79 bits per heavy atom. The number of hydrogen-bond donors (Lipinski definition) is 0. The molecule has 0 aliphatic rings. The van der Waals surface area contributed by atoms with Crippen molar-refractivity contribution < 1.29 is 4.74 Å². The van der Waals surface area contributed by atoms with Gasteiger partial charge in [0, 0.05) is 23.3 Å². The largest absolute Gasteiger partial charge is 0.488 e. The summed E-state index contributed by atoms with van der Waals surface area (Å²) < 4.78 is 8.12. The fraction of sp³-hybridized carbons (Fsp3) is 0.231. The number of fused-ring (bicyclic) bond motifs is 1. The van der Waals surface area contributed by atoms with Crippen LogP contribution in [0.3, 0.4) is 0 Å². The minimum atomic E-state index is 0.427. The highest BCUT2D eigenvalue weighted by Gasteiger charge is 2.17. The summed E-state index contributed by atoms with van der Waals surface area (Å²) in [4.78, 5) is 15.0. The van der Waals surface area contributed by atoms with E-state index in [-0.39, 0.29) is 0 Å². The number of aryl methyl sites for hydroxylation is 1. The lowest BCUT2D eigenvalue weighted by Gasteiger charge is -2.12. The van der Waals surface area contributed by atoms with Gasteiger partial charge in [0.2, 0.25) is 0 Å². The molecule has 0 saturated carbocycles. The Balaban J connectivity index is 1.48. The zero-order chi connectivity index (χ0) is 22.6. The van der Waals surface area contributed by atoms with Crippen molar-refractivity contribution in [3.8, 4) is 22.3 Å². The number of rotatable bonds is 8. The number of benzene rings is 1. The third kappa shape index (κ3) is 4.36. The molecule has 0 amide bonds. The van der Waals surface area contributed by atoms with E-state index in [1.807, 2.05) is 60.4 Å². The van der Waals surface area contributed by atoms with Crippen LogP contribution in [0.15, 0.2) is 66.4 Å². The fourth-order valence-electron chi connectivity index (χ4n) is 3.86. The Kier molecular flexibility index (Phi) is 6.13. The maximum atomic E-state index is 6.24. The molecular formula is C26H25N5OS. The van der Waals surface area contributed by atoms with Crippen LogP contribution >= 0.6 is 11.3 Å². The van der Waals surface area contributed by atoms with Crippen molar-refractivity contribution >= 4 is 22.2 Å². The average molecular weight is 456 g/mol. The molecule has 6 nitrogen and oxygen atoms in total. The highest BCUT2D eigenvalue weighted by atomic mass is 32.1. The fourth-order valence-corrected chi connectivity index (χ4v) is 4.64. The first-order chi connectivity index (χ1) is 16.2. The Hall–Kier alpha value is -3.58. The van der Waals surface area contributed by atoms with E-state index in [0.29, 0.717) is 12.6 Å². The number of ether oxygens (including phenoxy) is 1. The second kappa shape index (κ2) is 9.50. The second-order valence-electron chi connectivity index (χ2n) is 7.93. The summed E-state index contributed by atoms with van der Waals surface area (Å²) in [6.45, 7) is 4.66. The van der Waals surface area contributed by atoms with E-state index in [1.54, 1.807) is 17.5 Å². The van der Waals surface area contributed by atoms with E-state index in [1.165, 1.54) is 0 Å². The topological polar surface area (TPSA) is 65.7 Å². The highest BCUT2D eigenvalue weighted by molar-refractivity contribution is 7.13. The van der Waals surface area contributed by atoms with Gasteiger partial charge in [-0.3, -0.25) is 4.98 Å². The van der Waals surface area contributed by atoms with Crippen LogP contribution in [-0.2, 0) is 13.0 Å². The molecule has 5 aromatic rings. The molecule has 0 saturated heterocycles. The van der Waals surface area contributed by atoms with E-state index in [0.717, 1.165) is 63.3 Å². The van der Waals surface area contributed by atoms with Crippen LogP contribution in [0.1, 0.15) is 36.6 Å². The molecule has 0 N–H and O–H groups in total. The lowest BCUT2D eigenvalue weighted by atomic mass is 10.1. The van der Waals surface area contributed by atoms with Crippen LogP contribution in [0.5, 0.6) is 5.75 Å². The average Bonchev–Trinajstić information content (AvgIpc) is 3.52. The van der Waals surface area contributed by atoms with E-state index in [2.05, 4.69) is 33.4 Å². The summed E-state index contributed by atoms with van der Waals surface area (Å²) in [5, 5.41) is 7.74. The number of pyridine rings is 1. The molecule has 0 spiro atoms. The minimum Gasteiger partial charge on any atom is -0.488 e. The van der Waals surface area contributed by atoms with Crippen molar-refractivity contribution in [2.24, 2.45) is 0 Å². The first kappa shape index (κ1) is 21.3. The Bertz CT molecular complexity index is 1370. The second-order valence-corrected chi connectivity index (χ2v) is 8.87. The first-order valence-corrected chi connectivity index (χ1v) is 12.0. The quantitative estimate of drug-likeness (QED) is 0.280. The predicted octanol–water partition coefficient (Wildman–Crippen LogP) is 6.17. The number of unbranched alkanes of at least 4 members (excludes halogenated alkanes) is 1. The van der Waals surface area contributed by atoms with Gasteiger partial charge in [0.1, 0.15) is 12.4 Å². The lowest BCUT2D eigenvalue weighted by molar-refractivity contribution is 0.308. The third-order valence-electron chi connectivity index (χ3n) is 5.62. The van der Waals surface area contributed by atoms with Gasteiger partial charge in [-0.2, -0.15) is 5.10 Å². The van der Waals surface area contributed by atoms with Gasteiger partial charge >= 0.3 is 0 Å². The zero-order valence-corrected chi connectivity index (χ0v) is 19.5. The number of aromatic nitrogens is 5. The van der Waals surface area contributed by atoms with Crippen LogP contribution in [0.25, 0.3) is 27.4 Å². The van der Waals surface area contributed by atoms with Crippen molar-refractivity contribution in [1.82, 2.24) is 24.7 Å². The van der Waals surface area contributed by atoms with E-state index >= 15 is 0 Å². The molecule has 0 aliphatic carbocycles. The number of hydrogen-bond acceptors (Lipinski definition) is 6. The van der Waals surface area contributed by atoms with Crippen LogP contribution in [0.4, 0.5) is 0 Å². The molecule has 4 aromatic heterocycles. The maximum absolute atomic E-state index is 6.24. The molecule has 7 heteroatoms. The van der Waals surface area contributed by atoms with Gasteiger partial charge in [0.25, 0.3) is 5.95 Å². The summed E-state index contributed by atoms with van der Waals surface area (Å²) in [5.74, 6) is 1.41. The van der Waals surface area contributed by atoms with Gasteiger partial charge in [0.05, 0.1) is 28.0 Å². The molecule has 0 unspecified atom stereocenters. The van der Waals surface area contributed by atoms with Gasteiger partial charge in [-0.15, -0.1) is 11.3 Å². The van der Waals surface area contributed by atoms with E-state index in [4.69, 9.17) is 9.72 Å². The van der Waals surface area contributed by atoms with Crippen LogP contribution in [0, 0.1) is 6.92 Å². The van der Waals surface area contributed by atoms with Crippen LogP contribution in [-0.4, -0.2) is 24.7 Å². The number of nitrogens with zero attached hydrogens (tertiary/aromatic N) is 5. The normalized spacial score (nSPS) is 11.2. The molecule has 5 rings (SSSR count). The third-order valence-corrected chi connectivity index (χ3v) is 6.49. The molecule has 0 bridgehead atoms. The number of thiophene rings is 1. The van der Waals surface area contributed by atoms with Crippen molar-refractivity contribution in [2.45, 2.75) is 39.7 Å². The van der Waals surface area contributed by atoms with Crippen LogP contribution < -0.4 is 4.74 Å². The summed E-state index contributed by atoms with van der Waals surface area (Å²) >= 11 is 1.68. The van der Waals surface area contributed by atoms with Gasteiger partial charge in [-0.1, -0.05) is 31.5 Å². The molecule has 166 valence electrons. The molecule has 0 fully saturated rings. The van der Waals surface area contributed by atoms with E-state index < -0.39 is 0 Å². The maximum Gasteiger partial charge on any atom is 0.251 e. The Morgan fingerprint density at radius 2 is 1.94 bits per heavy atom. The summed E-state index contributed by atoms with van der Waals surface area (Å²) in [6.07, 6.45) is 8.57. The summed E-state index contributed by atoms with van der Waals surface area (Å²) in [5.41, 5.74) is 5.07. The van der Waals surface area contributed by atoms with Gasteiger partial charge in [-0.25, -0.2) is 14.6 Å². The van der Waals surface area contributed by atoms with Gasteiger partial charge < -0.3 is 4.74 Å².